The molecule has 0 bridgehead atoms. The topological polar surface area (TPSA) is 105 Å². The lowest BCUT2D eigenvalue weighted by Crippen LogP contribution is -2.34. The molecule has 162 valence electrons. The summed E-state index contributed by atoms with van der Waals surface area (Å²) in [4.78, 5) is 24.7. The SMILES string of the molecule is COCC(O)CNC(=O)c1ccc(-n2cc(NC(=O)c3ccc(C)cc3C)cn2)cc1. The van der Waals surface area contributed by atoms with E-state index >= 15 is 0 Å². The molecule has 1 heterocycles. The fraction of sp³-hybridized carbons (Fsp3) is 0.261. The number of benzene rings is 2. The molecule has 1 aromatic heterocycles. The number of hydrogen-bond acceptors (Lipinski definition) is 5. The van der Waals surface area contributed by atoms with E-state index in [2.05, 4.69) is 15.7 Å². The van der Waals surface area contributed by atoms with Gasteiger partial charge in [0.15, 0.2) is 0 Å². The highest BCUT2D eigenvalue weighted by Gasteiger charge is 2.12. The first kappa shape index (κ1) is 22.2. The molecule has 1 atom stereocenters. The summed E-state index contributed by atoms with van der Waals surface area (Å²) in [5, 5.41) is 19.4. The first-order valence-electron chi connectivity index (χ1n) is 9.86. The first-order chi connectivity index (χ1) is 14.9. The number of ether oxygens (including phenoxy) is 1. The Labute approximate surface area is 180 Å². The summed E-state index contributed by atoms with van der Waals surface area (Å²) in [7, 11) is 1.49. The van der Waals surface area contributed by atoms with E-state index in [0.29, 0.717) is 16.8 Å². The fourth-order valence-corrected chi connectivity index (χ4v) is 3.12. The number of nitrogens with one attached hydrogen (secondary N) is 2. The first-order valence-corrected chi connectivity index (χ1v) is 9.86. The summed E-state index contributed by atoms with van der Waals surface area (Å²) in [6, 6.07) is 12.5. The number of carbonyl (C=O) groups excluding carboxylic acids is 2. The molecular weight excluding hydrogens is 396 g/mol. The number of aryl methyl sites for hydroxylation is 2. The maximum atomic E-state index is 12.5. The highest BCUT2D eigenvalue weighted by molar-refractivity contribution is 6.05. The second kappa shape index (κ2) is 10.0. The van der Waals surface area contributed by atoms with Crippen LogP contribution >= 0.6 is 0 Å². The van der Waals surface area contributed by atoms with Gasteiger partial charge in [0, 0.05) is 24.8 Å². The van der Waals surface area contributed by atoms with Gasteiger partial charge in [-0.2, -0.15) is 5.10 Å². The molecule has 0 saturated heterocycles. The van der Waals surface area contributed by atoms with Gasteiger partial charge in [0.05, 0.1) is 36.5 Å². The van der Waals surface area contributed by atoms with E-state index in [1.54, 1.807) is 41.3 Å². The van der Waals surface area contributed by atoms with Crippen LogP contribution in [0.2, 0.25) is 0 Å². The molecule has 0 aliphatic carbocycles. The predicted molar refractivity (Wildman–Crippen MR) is 118 cm³/mol. The molecule has 0 fully saturated rings. The molecule has 0 aliphatic heterocycles. The predicted octanol–water partition coefficient (Wildman–Crippen LogP) is 2.48. The minimum Gasteiger partial charge on any atom is -0.389 e. The second-order valence-electron chi connectivity index (χ2n) is 7.31. The maximum absolute atomic E-state index is 12.5. The lowest BCUT2D eigenvalue weighted by molar-refractivity contribution is 0.0610. The van der Waals surface area contributed by atoms with Crippen LogP contribution in [0.4, 0.5) is 5.69 Å². The molecule has 8 nitrogen and oxygen atoms in total. The minimum absolute atomic E-state index is 0.108. The Hall–Kier alpha value is -3.49. The smallest absolute Gasteiger partial charge is 0.256 e. The number of hydrogen-bond donors (Lipinski definition) is 3. The van der Waals surface area contributed by atoms with Crippen LogP contribution in [-0.4, -0.2) is 53.1 Å². The zero-order chi connectivity index (χ0) is 22.4. The lowest BCUT2D eigenvalue weighted by atomic mass is 10.1. The highest BCUT2D eigenvalue weighted by Crippen LogP contribution is 2.16. The van der Waals surface area contributed by atoms with Gasteiger partial charge in [-0.25, -0.2) is 4.68 Å². The van der Waals surface area contributed by atoms with E-state index in [1.807, 2.05) is 32.0 Å². The van der Waals surface area contributed by atoms with Crippen LogP contribution in [0.15, 0.2) is 54.9 Å². The molecule has 3 rings (SSSR count). The number of aliphatic hydroxyl groups excluding tert-OH is 1. The molecule has 1 unspecified atom stereocenters. The van der Waals surface area contributed by atoms with E-state index in [4.69, 9.17) is 4.74 Å². The number of methoxy groups -OCH3 is 1. The van der Waals surface area contributed by atoms with E-state index in [1.165, 1.54) is 7.11 Å². The normalized spacial score (nSPS) is 11.7. The van der Waals surface area contributed by atoms with Gasteiger partial charge in [0.25, 0.3) is 11.8 Å². The van der Waals surface area contributed by atoms with Crippen molar-refractivity contribution in [2.75, 3.05) is 25.6 Å². The van der Waals surface area contributed by atoms with Crippen LogP contribution in [0, 0.1) is 13.8 Å². The molecule has 8 heteroatoms. The molecule has 3 N–H and O–H groups in total. The Balaban J connectivity index is 1.63. The largest absolute Gasteiger partial charge is 0.389 e. The van der Waals surface area contributed by atoms with Crippen molar-refractivity contribution in [1.29, 1.82) is 0 Å². The Morgan fingerprint density at radius 1 is 1.13 bits per heavy atom. The number of nitrogens with zero attached hydrogens (tertiary/aromatic N) is 2. The fourth-order valence-electron chi connectivity index (χ4n) is 3.12. The highest BCUT2D eigenvalue weighted by atomic mass is 16.5. The Kier molecular flexibility index (Phi) is 7.17. The Bertz CT molecular complexity index is 1060. The van der Waals surface area contributed by atoms with E-state index in [-0.39, 0.29) is 25.0 Å². The summed E-state index contributed by atoms with van der Waals surface area (Å²) in [5.74, 6) is -0.483. The minimum atomic E-state index is -0.755. The van der Waals surface area contributed by atoms with Gasteiger partial charge >= 0.3 is 0 Å². The van der Waals surface area contributed by atoms with Gasteiger partial charge < -0.3 is 20.5 Å². The van der Waals surface area contributed by atoms with Crippen molar-refractivity contribution in [3.8, 4) is 5.69 Å². The number of rotatable bonds is 8. The number of anilines is 1. The number of carbonyl (C=O) groups is 2. The second-order valence-corrected chi connectivity index (χ2v) is 7.31. The lowest BCUT2D eigenvalue weighted by Gasteiger charge is -2.11. The third-order valence-electron chi connectivity index (χ3n) is 4.72. The number of aromatic nitrogens is 2. The van der Waals surface area contributed by atoms with Crippen molar-refractivity contribution < 1.29 is 19.4 Å². The number of amides is 2. The molecular formula is C23H26N4O4. The van der Waals surface area contributed by atoms with Gasteiger partial charge in [0.1, 0.15) is 0 Å². The van der Waals surface area contributed by atoms with Gasteiger partial charge in [-0.05, 0) is 49.7 Å². The summed E-state index contributed by atoms with van der Waals surface area (Å²) >= 11 is 0. The third-order valence-corrected chi connectivity index (χ3v) is 4.72. The Morgan fingerprint density at radius 3 is 2.55 bits per heavy atom. The molecule has 0 aliphatic rings. The van der Waals surface area contributed by atoms with E-state index in [0.717, 1.165) is 16.8 Å². The summed E-state index contributed by atoms with van der Waals surface area (Å²) in [5.41, 5.74) is 4.40. The molecule has 2 amide bonds. The molecule has 2 aromatic carbocycles. The standard InChI is InChI=1S/C23H26N4O4/c1-15-4-9-21(16(2)10-15)23(30)26-18-11-25-27(13-18)19-7-5-17(6-8-19)22(29)24-12-20(28)14-31-3/h4-11,13,20,28H,12,14H2,1-3H3,(H,24,29)(H,26,30). The van der Waals surface area contributed by atoms with Crippen LogP contribution in [0.25, 0.3) is 5.69 Å². The monoisotopic (exact) mass is 422 g/mol. The van der Waals surface area contributed by atoms with Crippen molar-refractivity contribution in [3.63, 3.8) is 0 Å². The Morgan fingerprint density at radius 2 is 1.87 bits per heavy atom. The molecule has 0 radical (unpaired) electrons. The van der Waals surface area contributed by atoms with E-state index in [9.17, 15) is 14.7 Å². The van der Waals surface area contributed by atoms with Crippen LogP contribution in [0.1, 0.15) is 31.8 Å². The average Bonchev–Trinajstić information content (AvgIpc) is 3.20. The quantitative estimate of drug-likeness (QED) is 0.517. The van der Waals surface area contributed by atoms with Crippen molar-refractivity contribution in [2.45, 2.75) is 20.0 Å². The molecule has 3 aromatic rings. The van der Waals surface area contributed by atoms with Gasteiger partial charge in [-0.3, -0.25) is 9.59 Å². The van der Waals surface area contributed by atoms with Crippen LogP contribution in [0.5, 0.6) is 0 Å². The van der Waals surface area contributed by atoms with Crippen molar-refractivity contribution >= 4 is 17.5 Å². The van der Waals surface area contributed by atoms with Crippen LogP contribution in [0.3, 0.4) is 0 Å². The molecule has 31 heavy (non-hydrogen) atoms. The zero-order valence-electron chi connectivity index (χ0n) is 17.8. The molecule has 0 saturated carbocycles. The summed E-state index contributed by atoms with van der Waals surface area (Å²) in [6.45, 7) is 4.15. The van der Waals surface area contributed by atoms with Crippen LogP contribution in [-0.2, 0) is 4.74 Å². The zero-order valence-corrected chi connectivity index (χ0v) is 17.8. The number of aliphatic hydroxyl groups is 1. The van der Waals surface area contributed by atoms with Crippen molar-refractivity contribution in [3.05, 3.63) is 77.1 Å². The van der Waals surface area contributed by atoms with Crippen molar-refractivity contribution in [2.24, 2.45) is 0 Å². The molecule has 0 spiro atoms. The van der Waals surface area contributed by atoms with Gasteiger partial charge in [-0.1, -0.05) is 17.7 Å². The van der Waals surface area contributed by atoms with Crippen LogP contribution < -0.4 is 10.6 Å². The third kappa shape index (κ3) is 5.78. The van der Waals surface area contributed by atoms with Crippen molar-refractivity contribution in [1.82, 2.24) is 15.1 Å². The summed E-state index contributed by atoms with van der Waals surface area (Å²) in [6.07, 6.45) is 2.52. The van der Waals surface area contributed by atoms with E-state index < -0.39 is 6.10 Å². The van der Waals surface area contributed by atoms with Gasteiger partial charge in [-0.15, -0.1) is 0 Å². The van der Waals surface area contributed by atoms with Gasteiger partial charge in [0.2, 0.25) is 0 Å². The summed E-state index contributed by atoms with van der Waals surface area (Å²) < 4.78 is 6.44. The average molecular weight is 422 g/mol. The maximum Gasteiger partial charge on any atom is 0.256 e.